The van der Waals surface area contributed by atoms with Crippen LogP contribution in [0.3, 0.4) is 0 Å². The van der Waals surface area contributed by atoms with Crippen LogP contribution in [0, 0.1) is 6.92 Å². The van der Waals surface area contributed by atoms with Crippen molar-refractivity contribution in [2.24, 2.45) is 0 Å². The summed E-state index contributed by atoms with van der Waals surface area (Å²) in [5.41, 5.74) is 1.60. The number of hydrogen-bond donors (Lipinski definition) is 2. The minimum atomic E-state index is -0.0595. The summed E-state index contributed by atoms with van der Waals surface area (Å²) in [6.07, 6.45) is 4.89. The Bertz CT molecular complexity index is 305. The molecule has 0 aliphatic heterocycles. The molecular weight excluding hydrogens is 212 g/mol. The van der Waals surface area contributed by atoms with Gasteiger partial charge in [-0.1, -0.05) is 46.8 Å². The fourth-order valence-electron chi connectivity index (χ4n) is 1.14. The number of phenolic OH excluding ortho intramolecular Hbond substituents is 2. The molecule has 0 aliphatic carbocycles. The van der Waals surface area contributed by atoms with Crippen molar-refractivity contribution in [2.45, 2.75) is 48.0 Å². The number of phenols is 2. The lowest BCUT2D eigenvalue weighted by Crippen LogP contribution is -1.79. The molecule has 17 heavy (non-hydrogen) atoms. The molecule has 0 atom stereocenters. The summed E-state index contributed by atoms with van der Waals surface area (Å²) in [6.45, 7) is 11.8. The zero-order valence-electron chi connectivity index (χ0n) is 11.9. The van der Waals surface area contributed by atoms with Crippen LogP contribution in [0.1, 0.15) is 52.2 Å². The predicted molar refractivity (Wildman–Crippen MR) is 76.5 cm³/mol. The van der Waals surface area contributed by atoms with E-state index >= 15 is 0 Å². The fourth-order valence-corrected chi connectivity index (χ4v) is 1.14. The van der Waals surface area contributed by atoms with Gasteiger partial charge in [0.2, 0.25) is 0 Å². The number of rotatable bonds is 2. The van der Waals surface area contributed by atoms with Crippen molar-refractivity contribution in [1.29, 1.82) is 0 Å². The molecule has 1 aromatic rings. The summed E-state index contributed by atoms with van der Waals surface area (Å²) in [5, 5.41) is 18.6. The Kier molecular flexibility index (Phi) is 11.7. The van der Waals surface area contributed by atoms with Crippen LogP contribution in [0.25, 0.3) is 6.08 Å². The second kappa shape index (κ2) is 11.1. The monoisotopic (exact) mass is 238 g/mol. The first-order chi connectivity index (χ1) is 8.15. The lowest BCUT2D eigenvalue weighted by atomic mass is 10.1. The zero-order chi connectivity index (χ0) is 13.8. The fraction of sp³-hybridized carbons (Fsp3) is 0.467. The zero-order valence-corrected chi connectivity index (χ0v) is 11.9. The number of benzene rings is 1. The molecule has 0 aliphatic rings. The van der Waals surface area contributed by atoms with Crippen LogP contribution in [-0.2, 0) is 0 Å². The van der Waals surface area contributed by atoms with Crippen LogP contribution in [0.5, 0.6) is 11.5 Å². The largest absolute Gasteiger partial charge is 0.504 e. The lowest BCUT2D eigenvalue weighted by Gasteiger charge is -2.03. The third-order valence-corrected chi connectivity index (χ3v) is 1.85. The summed E-state index contributed by atoms with van der Waals surface area (Å²) in [6, 6.07) is 3.38. The molecule has 0 fully saturated rings. The number of aromatic hydroxyl groups is 2. The van der Waals surface area contributed by atoms with Crippen molar-refractivity contribution in [2.75, 3.05) is 0 Å². The number of allylic oxidation sites excluding steroid dienone is 1. The van der Waals surface area contributed by atoms with E-state index in [9.17, 15) is 10.2 Å². The van der Waals surface area contributed by atoms with Crippen LogP contribution in [-0.4, -0.2) is 10.2 Å². The van der Waals surface area contributed by atoms with Gasteiger partial charge in [0.25, 0.3) is 0 Å². The van der Waals surface area contributed by atoms with Gasteiger partial charge in [-0.2, -0.15) is 0 Å². The Morgan fingerprint density at radius 3 is 2.00 bits per heavy atom. The van der Waals surface area contributed by atoms with E-state index in [0.717, 1.165) is 12.0 Å². The Morgan fingerprint density at radius 1 is 1.06 bits per heavy atom. The molecule has 2 heteroatoms. The molecule has 0 saturated heterocycles. The van der Waals surface area contributed by atoms with E-state index in [2.05, 4.69) is 0 Å². The lowest BCUT2D eigenvalue weighted by molar-refractivity contribution is 0.401. The van der Waals surface area contributed by atoms with Crippen molar-refractivity contribution in [3.63, 3.8) is 0 Å². The average Bonchev–Trinajstić information content (AvgIpc) is 2.38. The van der Waals surface area contributed by atoms with Gasteiger partial charge in [-0.25, -0.2) is 0 Å². The molecule has 1 aromatic carbocycles. The molecule has 0 amide bonds. The molecule has 0 bridgehead atoms. The van der Waals surface area contributed by atoms with Crippen LogP contribution < -0.4 is 0 Å². The molecule has 0 unspecified atom stereocenters. The SMILES string of the molecule is CC.CC.CC/C=C/c1cc(C)c(O)c(O)c1. The van der Waals surface area contributed by atoms with Gasteiger partial charge < -0.3 is 10.2 Å². The van der Waals surface area contributed by atoms with Crippen LogP contribution in [0.15, 0.2) is 18.2 Å². The van der Waals surface area contributed by atoms with E-state index in [-0.39, 0.29) is 11.5 Å². The first-order valence-electron chi connectivity index (χ1n) is 6.34. The highest BCUT2D eigenvalue weighted by Gasteiger charge is 2.03. The molecule has 0 heterocycles. The minimum Gasteiger partial charge on any atom is -0.504 e. The average molecular weight is 238 g/mol. The van der Waals surface area contributed by atoms with Gasteiger partial charge in [-0.15, -0.1) is 0 Å². The Labute approximate surface area is 106 Å². The predicted octanol–water partition coefficient (Wildman–Crippen LogP) is 4.88. The van der Waals surface area contributed by atoms with Gasteiger partial charge >= 0.3 is 0 Å². The van der Waals surface area contributed by atoms with Crippen LogP contribution in [0.2, 0.25) is 0 Å². The Morgan fingerprint density at radius 2 is 1.59 bits per heavy atom. The third kappa shape index (κ3) is 6.67. The van der Waals surface area contributed by atoms with E-state index in [1.807, 2.05) is 52.8 Å². The molecule has 2 N–H and O–H groups in total. The second-order valence-electron chi connectivity index (χ2n) is 3.02. The molecule has 98 valence electrons. The van der Waals surface area contributed by atoms with Gasteiger partial charge in [0.05, 0.1) is 0 Å². The highest BCUT2D eigenvalue weighted by atomic mass is 16.3. The maximum atomic E-state index is 9.30. The molecule has 2 nitrogen and oxygen atoms in total. The smallest absolute Gasteiger partial charge is 0.160 e. The molecule has 1 rings (SSSR count). The first kappa shape index (κ1) is 17.9. The molecular formula is C15H26O2. The van der Waals surface area contributed by atoms with Crippen molar-refractivity contribution in [1.82, 2.24) is 0 Å². The molecule has 0 aromatic heterocycles. The maximum Gasteiger partial charge on any atom is 0.160 e. The van der Waals surface area contributed by atoms with Crippen LogP contribution >= 0.6 is 0 Å². The standard InChI is InChI=1S/C11H14O2.2C2H6/c1-3-4-5-9-6-8(2)11(13)10(12)7-9;2*1-2/h4-7,12-13H,3H2,1-2H3;2*1-2H3/b5-4+;;. The van der Waals surface area contributed by atoms with E-state index in [1.165, 1.54) is 0 Å². The third-order valence-electron chi connectivity index (χ3n) is 1.85. The number of hydrogen-bond acceptors (Lipinski definition) is 2. The normalized spacial score (nSPS) is 9.06. The van der Waals surface area contributed by atoms with Crippen molar-refractivity contribution < 1.29 is 10.2 Å². The Hall–Kier alpha value is -1.44. The second-order valence-corrected chi connectivity index (χ2v) is 3.02. The summed E-state index contributed by atoms with van der Waals surface area (Å²) in [4.78, 5) is 0. The van der Waals surface area contributed by atoms with E-state index < -0.39 is 0 Å². The molecule has 0 spiro atoms. The van der Waals surface area contributed by atoms with Crippen molar-refractivity contribution in [3.05, 3.63) is 29.3 Å². The topological polar surface area (TPSA) is 40.5 Å². The molecule has 0 saturated carbocycles. The van der Waals surface area contributed by atoms with Gasteiger partial charge in [0.1, 0.15) is 0 Å². The van der Waals surface area contributed by atoms with Crippen molar-refractivity contribution >= 4 is 6.08 Å². The van der Waals surface area contributed by atoms with Gasteiger partial charge in [-0.3, -0.25) is 0 Å². The summed E-state index contributed by atoms with van der Waals surface area (Å²) >= 11 is 0. The first-order valence-corrected chi connectivity index (χ1v) is 6.34. The van der Waals surface area contributed by atoms with Crippen LogP contribution in [0.4, 0.5) is 0 Å². The van der Waals surface area contributed by atoms with Crippen molar-refractivity contribution in [3.8, 4) is 11.5 Å². The summed E-state index contributed by atoms with van der Waals surface area (Å²) in [5.74, 6) is -0.0931. The minimum absolute atomic E-state index is 0.0337. The van der Waals surface area contributed by atoms with E-state index in [1.54, 1.807) is 13.0 Å². The summed E-state index contributed by atoms with van der Waals surface area (Å²) in [7, 11) is 0. The van der Waals surface area contributed by atoms with E-state index in [4.69, 9.17) is 0 Å². The Balaban J connectivity index is 0. The molecule has 0 radical (unpaired) electrons. The highest BCUT2D eigenvalue weighted by molar-refractivity contribution is 5.57. The van der Waals surface area contributed by atoms with Gasteiger partial charge in [0.15, 0.2) is 11.5 Å². The quantitative estimate of drug-likeness (QED) is 0.721. The number of aryl methyl sites for hydroxylation is 1. The highest BCUT2D eigenvalue weighted by Crippen LogP contribution is 2.29. The van der Waals surface area contributed by atoms with E-state index in [0.29, 0.717) is 5.56 Å². The van der Waals surface area contributed by atoms with Gasteiger partial charge in [0, 0.05) is 0 Å². The maximum absolute atomic E-state index is 9.30. The van der Waals surface area contributed by atoms with Gasteiger partial charge in [-0.05, 0) is 36.6 Å². The summed E-state index contributed by atoms with van der Waals surface area (Å²) < 4.78 is 0.